The highest BCUT2D eigenvalue weighted by Gasteiger charge is 2.32. The zero-order valence-corrected chi connectivity index (χ0v) is 12.7. The van der Waals surface area contributed by atoms with E-state index in [9.17, 15) is 22.8 Å². The number of benzene rings is 1. The van der Waals surface area contributed by atoms with Gasteiger partial charge in [-0.05, 0) is 38.5 Å². The lowest BCUT2D eigenvalue weighted by Crippen LogP contribution is -2.32. The van der Waals surface area contributed by atoms with Crippen LogP contribution in [0.5, 0.6) is 0 Å². The number of aliphatic carboxylic acids is 1. The summed E-state index contributed by atoms with van der Waals surface area (Å²) in [4.78, 5) is 22.8. The molecule has 0 saturated carbocycles. The Balaban J connectivity index is 2.79. The van der Waals surface area contributed by atoms with Crippen LogP contribution in [-0.2, 0) is 11.0 Å². The molecule has 0 aliphatic heterocycles. The molecule has 122 valence electrons. The fraction of sp³-hybridized carbons (Fsp3) is 0.429. The lowest BCUT2D eigenvalue weighted by molar-refractivity contribution is -0.147. The molecule has 1 amide bonds. The van der Waals surface area contributed by atoms with Crippen molar-refractivity contribution in [2.75, 3.05) is 6.54 Å². The SMILES string of the molecule is CC(C)(CCNC(=O)c1cc(Cl)cc(C(F)(F)F)c1)C(=O)O. The molecule has 0 aliphatic carbocycles. The summed E-state index contributed by atoms with van der Waals surface area (Å²) in [5.41, 5.74) is -2.29. The van der Waals surface area contributed by atoms with E-state index in [1.165, 1.54) is 13.8 Å². The topological polar surface area (TPSA) is 66.4 Å². The summed E-state index contributed by atoms with van der Waals surface area (Å²) in [6, 6.07) is 2.55. The summed E-state index contributed by atoms with van der Waals surface area (Å²) in [5.74, 6) is -1.77. The number of nitrogens with one attached hydrogen (secondary N) is 1. The molecule has 0 unspecified atom stereocenters. The highest BCUT2D eigenvalue weighted by molar-refractivity contribution is 6.31. The molecule has 0 saturated heterocycles. The van der Waals surface area contributed by atoms with Crippen LogP contribution in [0.3, 0.4) is 0 Å². The number of alkyl halides is 3. The number of carbonyl (C=O) groups is 2. The number of halogens is 4. The van der Waals surface area contributed by atoms with Gasteiger partial charge in [-0.1, -0.05) is 11.6 Å². The van der Waals surface area contributed by atoms with Crippen LogP contribution < -0.4 is 5.32 Å². The first-order valence-corrected chi connectivity index (χ1v) is 6.70. The number of carboxylic acid groups (broad SMARTS) is 1. The van der Waals surface area contributed by atoms with Crippen molar-refractivity contribution < 1.29 is 27.9 Å². The van der Waals surface area contributed by atoms with Crippen LogP contribution >= 0.6 is 11.6 Å². The van der Waals surface area contributed by atoms with Gasteiger partial charge >= 0.3 is 12.1 Å². The molecule has 0 heterocycles. The van der Waals surface area contributed by atoms with Crippen molar-refractivity contribution in [1.82, 2.24) is 5.32 Å². The van der Waals surface area contributed by atoms with Gasteiger partial charge in [0.05, 0.1) is 11.0 Å². The minimum Gasteiger partial charge on any atom is -0.481 e. The Morgan fingerprint density at radius 2 is 1.82 bits per heavy atom. The summed E-state index contributed by atoms with van der Waals surface area (Å²) >= 11 is 5.59. The molecule has 2 N–H and O–H groups in total. The Morgan fingerprint density at radius 1 is 1.23 bits per heavy atom. The molecule has 0 spiro atoms. The maximum absolute atomic E-state index is 12.7. The average Bonchev–Trinajstić information content (AvgIpc) is 2.36. The Morgan fingerprint density at radius 3 is 2.32 bits per heavy atom. The molecule has 4 nitrogen and oxygen atoms in total. The van der Waals surface area contributed by atoms with Crippen LogP contribution in [0.4, 0.5) is 13.2 Å². The van der Waals surface area contributed by atoms with Crippen molar-refractivity contribution in [3.8, 4) is 0 Å². The molecule has 1 rings (SSSR count). The van der Waals surface area contributed by atoms with E-state index in [1.807, 2.05) is 0 Å². The highest BCUT2D eigenvalue weighted by Crippen LogP contribution is 2.31. The molecule has 0 radical (unpaired) electrons. The maximum Gasteiger partial charge on any atom is 0.416 e. The summed E-state index contributed by atoms with van der Waals surface area (Å²) in [5, 5.41) is 11.1. The normalized spacial score (nSPS) is 12.1. The summed E-state index contributed by atoms with van der Waals surface area (Å²) in [6.07, 6.45) is -4.47. The smallest absolute Gasteiger partial charge is 0.416 e. The molecule has 22 heavy (non-hydrogen) atoms. The van der Waals surface area contributed by atoms with E-state index < -0.39 is 29.0 Å². The molecular formula is C14H15ClF3NO3. The van der Waals surface area contributed by atoms with Crippen molar-refractivity contribution in [2.24, 2.45) is 5.41 Å². The number of hydrogen-bond donors (Lipinski definition) is 2. The molecule has 0 aliphatic rings. The molecular weight excluding hydrogens is 323 g/mol. The van der Waals surface area contributed by atoms with Crippen LogP contribution in [0.25, 0.3) is 0 Å². The number of carboxylic acids is 1. The van der Waals surface area contributed by atoms with Crippen LogP contribution in [-0.4, -0.2) is 23.5 Å². The minimum absolute atomic E-state index is 0.0198. The average molecular weight is 338 g/mol. The zero-order valence-electron chi connectivity index (χ0n) is 11.9. The van der Waals surface area contributed by atoms with E-state index in [2.05, 4.69) is 5.32 Å². The van der Waals surface area contributed by atoms with Gasteiger partial charge in [0.15, 0.2) is 0 Å². The molecule has 0 atom stereocenters. The monoisotopic (exact) mass is 337 g/mol. The molecule has 0 aromatic heterocycles. The van der Waals surface area contributed by atoms with Crippen molar-refractivity contribution in [3.05, 3.63) is 34.3 Å². The number of rotatable bonds is 5. The molecule has 0 fully saturated rings. The fourth-order valence-corrected chi connectivity index (χ4v) is 1.82. The van der Waals surface area contributed by atoms with Crippen LogP contribution in [0.1, 0.15) is 36.2 Å². The first kappa shape index (κ1) is 18.3. The van der Waals surface area contributed by atoms with Gasteiger partial charge in [0.25, 0.3) is 5.91 Å². The van der Waals surface area contributed by atoms with E-state index in [0.717, 1.165) is 12.1 Å². The third kappa shape index (κ3) is 4.91. The summed E-state index contributed by atoms with van der Waals surface area (Å²) < 4.78 is 38.0. The van der Waals surface area contributed by atoms with Crippen molar-refractivity contribution in [3.63, 3.8) is 0 Å². The maximum atomic E-state index is 12.7. The van der Waals surface area contributed by atoms with Gasteiger partial charge in [-0.2, -0.15) is 13.2 Å². The Kier molecular flexibility index (Phi) is 5.45. The zero-order chi connectivity index (χ0) is 17.1. The minimum atomic E-state index is -4.61. The number of hydrogen-bond acceptors (Lipinski definition) is 2. The van der Waals surface area contributed by atoms with Crippen LogP contribution in [0.2, 0.25) is 5.02 Å². The van der Waals surface area contributed by atoms with Crippen LogP contribution in [0, 0.1) is 5.41 Å². The third-order valence-electron chi connectivity index (χ3n) is 3.10. The first-order valence-electron chi connectivity index (χ1n) is 6.33. The Labute approximate surface area is 130 Å². The van der Waals surface area contributed by atoms with Gasteiger partial charge in [0.1, 0.15) is 0 Å². The predicted molar refractivity (Wildman–Crippen MR) is 74.8 cm³/mol. The summed E-state index contributed by atoms with van der Waals surface area (Å²) in [7, 11) is 0. The number of carbonyl (C=O) groups excluding carboxylic acids is 1. The van der Waals surface area contributed by atoms with Crippen molar-refractivity contribution in [1.29, 1.82) is 0 Å². The van der Waals surface area contributed by atoms with Crippen LogP contribution in [0.15, 0.2) is 18.2 Å². The van der Waals surface area contributed by atoms with Gasteiger partial charge in [0.2, 0.25) is 0 Å². The van der Waals surface area contributed by atoms with E-state index in [4.69, 9.17) is 16.7 Å². The van der Waals surface area contributed by atoms with Gasteiger partial charge in [-0.25, -0.2) is 0 Å². The third-order valence-corrected chi connectivity index (χ3v) is 3.32. The van der Waals surface area contributed by atoms with Gasteiger partial charge in [-0.3, -0.25) is 9.59 Å². The molecule has 8 heteroatoms. The molecule has 1 aromatic rings. The second-order valence-electron chi connectivity index (χ2n) is 5.42. The quantitative estimate of drug-likeness (QED) is 0.863. The van der Waals surface area contributed by atoms with E-state index in [0.29, 0.717) is 6.07 Å². The Hall–Kier alpha value is -1.76. The van der Waals surface area contributed by atoms with E-state index in [1.54, 1.807) is 0 Å². The van der Waals surface area contributed by atoms with Gasteiger partial charge in [0, 0.05) is 17.1 Å². The standard InChI is InChI=1S/C14H15ClF3NO3/c1-13(2,12(21)22)3-4-19-11(20)8-5-9(14(16,17)18)7-10(15)6-8/h5-7H,3-4H2,1-2H3,(H,19,20)(H,21,22). The van der Waals surface area contributed by atoms with Gasteiger partial charge in [-0.15, -0.1) is 0 Å². The highest BCUT2D eigenvalue weighted by atomic mass is 35.5. The van der Waals surface area contributed by atoms with Gasteiger partial charge < -0.3 is 10.4 Å². The second-order valence-corrected chi connectivity index (χ2v) is 5.86. The van der Waals surface area contributed by atoms with E-state index in [-0.39, 0.29) is 23.6 Å². The Bertz CT molecular complexity index is 585. The fourth-order valence-electron chi connectivity index (χ4n) is 1.58. The predicted octanol–water partition coefficient (Wildman–Crippen LogP) is 3.59. The van der Waals surface area contributed by atoms with Crippen molar-refractivity contribution in [2.45, 2.75) is 26.4 Å². The first-order chi connectivity index (χ1) is 9.93. The second kappa shape index (κ2) is 6.56. The van der Waals surface area contributed by atoms with Crippen molar-refractivity contribution >= 4 is 23.5 Å². The largest absolute Gasteiger partial charge is 0.481 e. The van der Waals surface area contributed by atoms with E-state index >= 15 is 0 Å². The lowest BCUT2D eigenvalue weighted by atomic mass is 9.90. The number of amides is 1. The lowest BCUT2D eigenvalue weighted by Gasteiger charge is -2.19. The molecule has 1 aromatic carbocycles. The summed E-state index contributed by atoms with van der Waals surface area (Å²) in [6.45, 7) is 3.00. The molecule has 0 bridgehead atoms.